The lowest BCUT2D eigenvalue weighted by Crippen LogP contribution is -2.48. The Kier molecular flexibility index (Phi) is 5.54. The van der Waals surface area contributed by atoms with Gasteiger partial charge in [-0.3, -0.25) is 14.5 Å². The average molecular weight is 456 g/mol. The van der Waals surface area contributed by atoms with Gasteiger partial charge in [-0.05, 0) is 38.0 Å². The Morgan fingerprint density at radius 2 is 1.78 bits per heavy atom. The van der Waals surface area contributed by atoms with E-state index in [1.807, 2.05) is 19.1 Å². The lowest BCUT2D eigenvalue weighted by atomic mass is 9.91. The van der Waals surface area contributed by atoms with Crippen molar-refractivity contribution in [3.8, 4) is 0 Å². The monoisotopic (exact) mass is 455 g/mol. The van der Waals surface area contributed by atoms with Gasteiger partial charge >= 0.3 is 6.03 Å². The third-order valence-corrected chi connectivity index (χ3v) is 7.82. The second-order valence-corrected chi connectivity index (χ2v) is 10.7. The molecule has 8 nitrogen and oxygen atoms in total. The Bertz CT molecular complexity index is 1160. The van der Waals surface area contributed by atoms with Crippen molar-refractivity contribution in [3.05, 3.63) is 65.7 Å². The molecule has 9 heteroatoms. The maximum atomic E-state index is 13.3. The molecule has 2 aliphatic heterocycles. The van der Waals surface area contributed by atoms with E-state index < -0.39 is 45.8 Å². The molecule has 0 aliphatic carbocycles. The minimum atomic E-state index is -3.24. The largest absolute Gasteiger partial charge is 0.325 e. The van der Waals surface area contributed by atoms with Crippen LogP contribution in [0.4, 0.5) is 10.5 Å². The second kappa shape index (κ2) is 8.05. The third kappa shape index (κ3) is 4.00. The minimum Gasteiger partial charge on any atom is -0.319 e. The van der Waals surface area contributed by atoms with E-state index in [0.717, 1.165) is 10.5 Å². The zero-order chi connectivity index (χ0) is 23.1. The molecule has 4 rings (SSSR count). The van der Waals surface area contributed by atoms with Crippen molar-refractivity contribution in [1.29, 1.82) is 0 Å². The molecule has 168 valence electrons. The Morgan fingerprint density at radius 3 is 2.38 bits per heavy atom. The van der Waals surface area contributed by atoms with Crippen LogP contribution in [0.1, 0.15) is 24.5 Å². The second-order valence-electron chi connectivity index (χ2n) is 8.47. The standard InChI is InChI=1S/C23H25N3O5S/c1-16-8-10-17(11-9-16)23(2)21(28)25(22(29)24-23)14-20(27)26(18-6-4-3-5-7-18)19-12-13-32(30,31)15-19/h3-11,19H,12-15H2,1-2H3,(H,24,29)/t19-,23-/m1/s1. The van der Waals surface area contributed by atoms with E-state index in [2.05, 4.69) is 5.32 Å². The van der Waals surface area contributed by atoms with Crippen molar-refractivity contribution >= 4 is 33.4 Å². The summed E-state index contributed by atoms with van der Waals surface area (Å²) in [5, 5.41) is 2.70. The number of imide groups is 1. The van der Waals surface area contributed by atoms with Gasteiger partial charge in [0.05, 0.1) is 17.5 Å². The molecule has 0 bridgehead atoms. The molecule has 0 saturated carbocycles. The average Bonchev–Trinajstić information content (AvgIpc) is 3.21. The lowest BCUT2D eigenvalue weighted by molar-refractivity contribution is -0.134. The Morgan fingerprint density at radius 1 is 1.12 bits per heavy atom. The van der Waals surface area contributed by atoms with Crippen molar-refractivity contribution in [2.75, 3.05) is 23.0 Å². The van der Waals surface area contributed by atoms with Crippen LogP contribution in [0.25, 0.3) is 0 Å². The normalized spacial score (nSPS) is 24.4. The van der Waals surface area contributed by atoms with Gasteiger partial charge in [0.1, 0.15) is 12.1 Å². The predicted molar refractivity (Wildman–Crippen MR) is 120 cm³/mol. The molecule has 2 fully saturated rings. The van der Waals surface area contributed by atoms with E-state index in [9.17, 15) is 22.8 Å². The first-order valence-electron chi connectivity index (χ1n) is 10.4. The van der Waals surface area contributed by atoms with Crippen LogP contribution in [0.15, 0.2) is 54.6 Å². The first kappa shape index (κ1) is 22.0. The van der Waals surface area contributed by atoms with Gasteiger partial charge in [0.2, 0.25) is 5.91 Å². The van der Waals surface area contributed by atoms with Gasteiger partial charge < -0.3 is 10.2 Å². The highest BCUT2D eigenvalue weighted by Crippen LogP contribution is 2.30. The maximum Gasteiger partial charge on any atom is 0.325 e. The summed E-state index contributed by atoms with van der Waals surface area (Å²) in [6.45, 7) is 3.06. The van der Waals surface area contributed by atoms with Gasteiger partial charge in [0, 0.05) is 5.69 Å². The van der Waals surface area contributed by atoms with Crippen molar-refractivity contribution < 1.29 is 22.8 Å². The van der Waals surface area contributed by atoms with Gasteiger partial charge in [-0.2, -0.15) is 0 Å². The minimum absolute atomic E-state index is 0.00288. The summed E-state index contributed by atoms with van der Waals surface area (Å²) in [6, 6.07) is 14.8. The number of hydrogen-bond acceptors (Lipinski definition) is 5. The fourth-order valence-electron chi connectivity index (χ4n) is 4.26. The molecule has 0 radical (unpaired) electrons. The zero-order valence-corrected chi connectivity index (χ0v) is 18.8. The maximum absolute atomic E-state index is 13.3. The van der Waals surface area contributed by atoms with Gasteiger partial charge in [-0.15, -0.1) is 0 Å². The highest BCUT2D eigenvalue weighted by Gasteiger charge is 2.50. The molecule has 2 atom stereocenters. The van der Waals surface area contributed by atoms with Crippen molar-refractivity contribution in [2.45, 2.75) is 31.8 Å². The molecule has 4 amide bonds. The van der Waals surface area contributed by atoms with Crippen LogP contribution in [0.2, 0.25) is 0 Å². The summed E-state index contributed by atoms with van der Waals surface area (Å²) in [5.41, 5.74) is 0.900. The Hall–Kier alpha value is -3.20. The first-order valence-corrected chi connectivity index (χ1v) is 12.2. The van der Waals surface area contributed by atoms with Crippen LogP contribution >= 0.6 is 0 Å². The van der Waals surface area contributed by atoms with Crippen LogP contribution in [0, 0.1) is 6.92 Å². The summed E-state index contributed by atoms with van der Waals surface area (Å²) < 4.78 is 24.1. The summed E-state index contributed by atoms with van der Waals surface area (Å²) >= 11 is 0. The zero-order valence-electron chi connectivity index (χ0n) is 17.9. The number of nitrogens with one attached hydrogen (secondary N) is 1. The quantitative estimate of drug-likeness (QED) is 0.695. The van der Waals surface area contributed by atoms with Gasteiger partial charge in [-0.1, -0.05) is 48.0 Å². The third-order valence-electron chi connectivity index (χ3n) is 6.07. The summed E-state index contributed by atoms with van der Waals surface area (Å²) in [7, 11) is -3.24. The number of aryl methyl sites for hydroxylation is 1. The van der Waals surface area contributed by atoms with Crippen molar-refractivity contribution in [3.63, 3.8) is 0 Å². The van der Waals surface area contributed by atoms with Crippen LogP contribution in [0.5, 0.6) is 0 Å². The van der Waals surface area contributed by atoms with E-state index in [4.69, 9.17) is 0 Å². The summed E-state index contributed by atoms with van der Waals surface area (Å²) in [4.78, 5) is 41.6. The van der Waals surface area contributed by atoms with Gasteiger partial charge in [-0.25, -0.2) is 13.2 Å². The number of urea groups is 1. The predicted octanol–water partition coefficient (Wildman–Crippen LogP) is 1.98. The number of amides is 4. The molecule has 1 N–H and O–H groups in total. The molecule has 2 aliphatic rings. The number of carbonyl (C=O) groups is 3. The molecule has 2 saturated heterocycles. The number of nitrogens with zero attached hydrogens (tertiary/aromatic N) is 2. The molecule has 2 aromatic rings. The van der Waals surface area contributed by atoms with Gasteiger partial charge in [0.25, 0.3) is 5.91 Å². The fourth-order valence-corrected chi connectivity index (χ4v) is 5.96. The van der Waals surface area contributed by atoms with Gasteiger partial charge in [0.15, 0.2) is 9.84 Å². The molecule has 2 heterocycles. The molecule has 0 spiro atoms. The molecule has 0 unspecified atom stereocenters. The smallest absolute Gasteiger partial charge is 0.319 e. The van der Waals surface area contributed by atoms with Crippen molar-refractivity contribution in [1.82, 2.24) is 10.2 Å². The highest BCUT2D eigenvalue weighted by atomic mass is 32.2. The topological polar surface area (TPSA) is 104 Å². The van der Waals surface area contributed by atoms with E-state index >= 15 is 0 Å². The Balaban J connectivity index is 1.60. The molecule has 32 heavy (non-hydrogen) atoms. The molecule has 0 aromatic heterocycles. The fraction of sp³-hybridized carbons (Fsp3) is 0.348. The van der Waals surface area contributed by atoms with Crippen LogP contribution < -0.4 is 10.2 Å². The van der Waals surface area contributed by atoms with E-state index in [-0.39, 0.29) is 11.5 Å². The van der Waals surface area contributed by atoms with Crippen LogP contribution in [0.3, 0.4) is 0 Å². The number of anilines is 1. The number of rotatable bonds is 5. The first-order chi connectivity index (χ1) is 15.1. The van der Waals surface area contributed by atoms with Crippen LogP contribution in [-0.4, -0.2) is 55.3 Å². The SMILES string of the molecule is Cc1ccc([C@@]2(C)NC(=O)N(CC(=O)N(c3ccccc3)[C@@H]3CCS(=O)(=O)C3)C2=O)cc1. The number of hydrogen-bond donors (Lipinski definition) is 1. The molecule has 2 aromatic carbocycles. The number of para-hydroxylation sites is 1. The van der Waals surface area contributed by atoms with Crippen molar-refractivity contribution in [2.24, 2.45) is 0 Å². The molecular formula is C23H25N3O5S. The number of carbonyl (C=O) groups excluding carboxylic acids is 3. The molecular weight excluding hydrogens is 430 g/mol. The van der Waals surface area contributed by atoms with Crippen LogP contribution in [-0.2, 0) is 25.0 Å². The summed E-state index contributed by atoms with van der Waals surface area (Å²) in [5.74, 6) is -1.17. The highest BCUT2D eigenvalue weighted by molar-refractivity contribution is 7.91. The number of benzene rings is 2. The van der Waals surface area contributed by atoms with E-state index in [1.54, 1.807) is 49.4 Å². The van der Waals surface area contributed by atoms with E-state index in [1.165, 1.54) is 4.90 Å². The van der Waals surface area contributed by atoms with E-state index in [0.29, 0.717) is 17.7 Å². The lowest BCUT2D eigenvalue weighted by Gasteiger charge is -2.30. The summed E-state index contributed by atoms with van der Waals surface area (Å²) in [6.07, 6.45) is 0.310. The Labute approximate surface area is 187 Å². The number of sulfone groups is 1.